The molecule has 1 aliphatic rings. The van der Waals surface area contributed by atoms with E-state index in [4.69, 9.17) is 15.6 Å². The van der Waals surface area contributed by atoms with E-state index in [1.807, 2.05) is 0 Å². The van der Waals surface area contributed by atoms with Gasteiger partial charge in [0, 0.05) is 6.20 Å². The van der Waals surface area contributed by atoms with Gasteiger partial charge in [-0.05, 0) is 6.07 Å². The monoisotopic (exact) mass is 297 g/mol. The Labute approximate surface area is 151 Å². The van der Waals surface area contributed by atoms with E-state index < -0.39 is 36.7 Å². The van der Waals surface area contributed by atoms with Crippen LogP contribution in [0.2, 0.25) is 0 Å². The van der Waals surface area contributed by atoms with Crippen LogP contribution in [0, 0.1) is 0 Å². The molecule has 0 spiro atoms. The molecule has 0 saturated carbocycles. The number of aliphatic hydroxyl groups excluding tert-OH is 3. The zero-order valence-corrected chi connectivity index (χ0v) is 9.51. The van der Waals surface area contributed by atoms with Gasteiger partial charge in [-0.2, -0.15) is 4.98 Å². The number of nitrogen functional groups attached to an aromatic ring is 1. The van der Waals surface area contributed by atoms with E-state index in [0.29, 0.717) is 0 Å². The number of rotatable bonds is 3. The van der Waals surface area contributed by atoms with E-state index in [9.17, 15) is 15.0 Å². The predicted octanol–water partition coefficient (Wildman–Crippen LogP) is -3.34. The number of aromatic nitrogens is 2. The fourth-order valence-corrected chi connectivity index (χ4v) is 1.90. The van der Waals surface area contributed by atoms with Crippen LogP contribution in [0.25, 0.3) is 0 Å². The number of ether oxygens (including phenoxy) is 1. The summed E-state index contributed by atoms with van der Waals surface area (Å²) in [6.45, 7) is -0.371. The average Bonchev–Trinajstić information content (AvgIpc) is 2.60. The molecule has 9 heteroatoms. The fraction of sp³-hybridized carbons (Fsp3) is 0.600. The average molecular weight is 297 g/mol. The molecule has 5 N–H and O–H groups in total. The first-order valence-corrected chi connectivity index (χ1v) is 5.48. The van der Waals surface area contributed by atoms with Crippen LogP contribution in [0.4, 0.5) is 5.82 Å². The first-order valence-electron chi connectivity index (χ1n) is 5.48. The van der Waals surface area contributed by atoms with Gasteiger partial charge in [0.15, 0.2) is 0 Å². The molecule has 102 valence electrons. The van der Waals surface area contributed by atoms with Crippen molar-refractivity contribution in [1.29, 1.82) is 0 Å². The van der Waals surface area contributed by atoms with Crippen LogP contribution in [0.5, 0.6) is 0 Å². The normalized spacial score (nSPS) is 30.1. The van der Waals surface area contributed by atoms with Crippen LogP contribution < -0.4 is 11.4 Å². The first-order chi connectivity index (χ1) is 8.52. The standard InChI is InChI=1S/C10H15N3O5.K.H/c11-7-1-2-13(10(17)12-7)3-5-8(15)9(16)6(4-14)18-5;;/h1-2,5-6,8-9,14-16H,3-4H2,(H2,11,12,17);;/t5-,6+,8-,9+;;/m0../s1. The number of nitrogens with two attached hydrogens (primary N) is 1. The summed E-state index contributed by atoms with van der Waals surface area (Å²) in [6, 6.07) is 1.45. The summed E-state index contributed by atoms with van der Waals surface area (Å²) in [7, 11) is 0. The third-order valence-electron chi connectivity index (χ3n) is 2.91. The van der Waals surface area contributed by atoms with Crippen molar-refractivity contribution in [2.75, 3.05) is 12.3 Å². The molecule has 2 heterocycles. The second-order valence-electron chi connectivity index (χ2n) is 4.16. The van der Waals surface area contributed by atoms with Crippen LogP contribution in [0.1, 0.15) is 0 Å². The van der Waals surface area contributed by atoms with Gasteiger partial charge in [-0.1, -0.05) is 0 Å². The van der Waals surface area contributed by atoms with Gasteiger partial charge in [-0.25, -0.2) is 4.79 Å². The molecule has 0 unspecified atom stereocenters. The minimum atomic E-state index is -1.17. The van der Waals surface area contributed by atoms with E-state index >= 15 is 0 Å². The van der Waals surface area contributed by atoms with Crippen LogP contribution in [0.3, 0.4) is 0 Å². The summed E-state index contributed by atoms with van der Waals surface area (Å²) in [5.74, 6) is 0.109. The fourth-order valence-electron chi connectivity index (χ4n) is 1.90. The van der Waals surface area contributed by atoms with E-state index in [1.54, 1.807) is 0 Å². The molecule has 4 atom stereocenters. The summed E-state index contributed by atoms with van der Waals surface area (Å²) in [4.78, 5) is 15.0. The molecule has 2 rings (SSSR count). The number of hydrogen-bond acceptors (Lipinski definition) is 7. The molecule has 1 aromatic heterocycles. The second-order valence-corrected chi connectivity index (χ2v) is 4.16. The van der Waals surface area contributed by atoms with Crippen molar-refractivity contribution < 1.29 is 20.1 Å². The third kappa shape index (κ3) is 3.83. The van der Waals surface area contributed by atoms with Crippen molar-refractivity contribution in [1.82, 2.24) is 9.55 Å². The number of nitrogens with zero attached hydrogens (tertiary/aromatic N) is 2. The predicted molar refractivity (Wildman–Crippen MR) is 67.8 cm³/mol. The maximum absolute atomic E-state index is 11.5. The van der Waals surface area contributed by atoms with Gasteiger partial charge in [0.1, 0.15) is 30.2 Å². The molecule has 0 aromatic carbocycles. The van der Waals surface area contributed by atoms with Crippen molar-refractivity contribution in [2.45, 2.75) is 31.0 Å². The van der Waals surface area contributed by atoms with Crippen LogP contribution in [-0.2, 0) is 11.3 Å². The Morgan fingerprint density at radius 3 is 2.53 bits per heavy atom. The van der Waals surface area contributed by atoms with Gasteiger partial charge in [0.2, 0.25) is 0 Å². The Morgan fingerprint density at radius 2 is 2.00 bits per heavy atom. The van der Waals surface area contributed by atoms with Crippen molar-refractivity contribution >= 4 is 57.2 Å². The topological polar surface area (TPSA) is 131 Å². The van der Waals surface area contributed by atoms with Gasteiger partial charge >= 0.3 is 57.1 Å². The SMILES string of the molecule is Nc1ccn(C[C@@H]2O[C@H](CO)[C@@H](O)[C@H]2O)c(=O)n1.[KH]. The number of hydrogen-bond donors (Lipinski definition) is 4. The van der Waals surface area contributed by atoms with Crippen LogP contribution >= 0.6 is 0 Å². The van der Waals surface area contributed by atoms with Gasteiger partial charge in [0.05, 0.1) is 13.2 Å². The van der Waals surface area contributed by atoms with E-state index in [-0.39, 0.29) is 63.7 Å². The molecule has 8 nitrogen and oxygen atoms in total. The Hall–Kier alpha value is 0.156. The van der Waals surface area contributed by atoms with E-state index in [0.717, 1.165) is 0 Å². The Morgan fingerprint density at radius 1 is 1.37 bits per heavy atom. The summed E-state index contributed by atoms with van der Waals surface area (Å²) < 4.78 is 6.47. The van der Waals surface area contributed by atoms with Crippen molar-refractivity contribution in [3.63, 3.8) is 0 Å². The molecule has 0 radical (unpaired) electrons. The minimum absolute atomic E-state index is 0. The summed E-state index contributed by atoms with van der Waals surface area (Å²) >= 11 is 0. The molecular formula is C10H16KN3O5. The molecule has 0 amide bonds. The van der Waals surface area contributed by atoms with Crippen molar-refractivity contribution in [3.05, 3.63) is 22.7 Å². The van der Waals surface area contributed by atoms with Gasteiger partial charge in [-0.15, -0.1) is 0 Å². The maximum atomic E-state index is 11.5. The Kier molecular flexibility index (Phi) is 6.56. The third-order valence-corrected chi connectivity index (χ3v) is 2.91. The molecule has 0 aliphatic carbocycles. The van der Waals surface area contributed by atoms with Gasteiger partial charge < -0.3 is 25.8 Å². The molecule has 19 heavy (non-hydrogen) atoms. The number of aliphatic hydroxyl groups is 3. The van der Waals surface area contributed by atoms with E-state index in [2.05, 4.69) is 4.98 Å². The summed E-state index contributed by atoms with van der Waals surface area (Å²) in [6.07, 6.45) is -2.52. The molecule has 1 aliphatic heterocycles. The van der Waals surface area contributed by atoms with Crippen molar-refractivity contribution in [3.8, 4) is 0 Å². The summed E-state index contributed by atoms with van der Waals surface area (Å²) in [5.41, 5.74) is 4.79. The van der Waals surface area contributed by atoms with Crippen molar-refractivity contribution in [2.24, 2.45) is 0 Å². The Bertz CT molecular complexity index is 482. The quantitative estimate of drug-likeness (QED) is 0.429. The Balaban J connectivity index is 0.00000180. The second kappa shape index (κ2) is 7.25. The van der Waals surface area contributed by atoms with E-state index in [1.165, 1.54) is 16.8 Å². The number of anilines is 1. The van der Waals surface area contributed by atoms with Crippen LogP contribution in [-0.4, -0.2) is 107 Å². The first kappa shape index (κ1) is 17.2. The molecule has 1 fully saturated rings. The molecular weight excluding hydrogens is 281 g/mol. The van der Waals surface area contributed by atoms with Crippen LogP contribution in [0.15, 0.2) is 17.1 Å². The van der Waals surface area contributed by atoms with Gasteiger partial charge in [0.25, 0.3) is 0 Å². The zero-order valence-electron chi connectivity index (χ0n) is 9.51. The zero-order chi connectivity index (χ0) is 13.3. The molecule has 1 aromatic rings. The molecule has 1 saturated heterocycles. The summed E-state index contributed by atoms with van der Waals surface area (Å²) in [5, 5.41) is 28.2. The molecule has 0 bridgehead atoms. The van der Waals surface area contributed by atoms with Gasteiger partial charge in [-0.3, -0.25) is 4.57 Å².